The van der Waals surface area contributed by atoms with Gasteiger partial charge in [0.1, 0.15) is 11.8 Å². The first-order valence-corrected chi connectivity index (χ1v) is 6.48. The number of hydrogen-bond acceptors (Lipinski definition) is 6. The van der Waals surface area contributed by atoms with Crippen LogP contribution in [0.15, 0.2) is 33.8 Å². The number of aromatic nitrogens is 1. The van der Waals surface area contributed by atoms with Crippen LogP contribution >= 0.6 is 0 Å². The Morgan fingerprint density at radius 2 is 2.10 bits per heavy atom. The molecule has 1 aromatic heterocycles. The van der Waals surface area contributed by atoms with Crippen LogP contribution in [0, 0.1) is 11.3 Å². The molecule has 0 amide bonds. The summed E-state index contributed by atoms with van der Waals surface area (Å²) in [7, 11) is 1.62. The lowest BCUT2D eigenvalue weighted by Crippen LogP contribution is -1.91. The van der Waals surface area contributed by atoms with Gasteiger partial charge in [0.25, 0.3) is 5.88 Å². The van der Waals surface area contributed by atoms with E-state index < -0.39 is 0 Å². The highest BCUT2D eigenvalue weighted by molar-refractivity contribution is 5.80. The Kier molecular flexibility index (Phi) is 4.57. The van der Waals surface area contributed by atoms with E-state index in [1.165, 1.54) is 0 Å². The third kappa shape index (κ3) is 3.60. The lowest BCUT2D eigenvalue weighted by atomic mass is 10.2. The van der Waals surface area contributed by atoms with E-state index in [9.17, 15) is 0 Å². The highest BCUT2D eigenvalue weighted by Crippen LogP contribution is 2.22. The predicted molar refractivity (Wildman–Crippen MR) is 79.5 cm³/mol. The van der Waals surface area contributed by atoms with Crippen molar-refractivity contribution in [2.45, 2.75) is 19.8 Å². The van der Waals surface area contributed by atoms with Crippen molar-refractivity contribution >= 4 is 12.1 Å². The minimum absolute atomic E-state index is 0.109. The molecule has 6 heteroatoms. The van der Waals surface area contributed by atoms with Crippen LogP contribution in [0.5, 0.6) is 5.75 Å². The van der Waals surface area contributed by atoms with Crippen molar-refractivity contribution < 1.29 is 9.15 Å². The maximum atomic E-state index is 9.01. The van der Waals surface area contributed by atoms with Crippen molar-refractivity contribution in [3.63, 3.8) is 0 Å². The minimum Gasteiger partial charge on any atom is -0.497 e. The van der Waals surface area contributed by atoms with Crippen LogP contribution < -0.4 is 10.2 Å². The van der Waals surface area contributed by atoms with E-state index in [1.54, 1.807) is 13.3 Å². The molecule has 0 aliphatic rings. The van der Waals surface area contributed by atoms with Gasteiger partial charge < -0.3 is 9.15 Å². The summed E-state index contributed by atoms with van der Waals surface area (Å²) in [5.41, 5.74) is 3.80. The Morgan fingerprint density at radius 3 is 2.67 bits per heavy atom. The zero-order valence-corrected chi connectivity index (χ0v) is 12.1. The van der Waals surface area contributed by atoms with Crippen LogP contribution in [0.25, 0.3) is 0 Å². The fourth-order valence-corrected chi connectivity index (χ4v) is 1.59. The van der Waals surface area contributed by atoms with Gasteiger partial charge in [-0.3, -0.25) is 0 Å². The average Bonchev–Trinajstić information content (AvgIpc) is 2.91. The first kappa shape index (κ1) is 14.6. The zero-order chi connectivity index (χ0) is 15.2. The molecule has 0 aliphatic heterocycles. The van der Waals surface area contributed by atoms with Crippen LogP contribution in [-0.4, -0.2) is 18.3 Å². The number of nitrogens with one attached hydrogen (secondary N) is 1. The van der Waals surface area contributed by atoms with Gasteiger partial charge in [-0.05, 0) is 29.8 Å². The van der Waals surface area contributed by atoms with Gasteiger partial charge in [-0.15, -0.1) is 0 Å². The quantitative estimate of drug-likeness (QED) is 0.673. The van der Waals surface area contributed by atoms with Crippen molar-refractivity contribution in [3.8, 4) is 11.8 Å². The Labute approximate surface area is 123 Å². The normalized spacial score (nSPS) is 10.8. The summed E-state index contributed by atoms with van der Waals surface area (Å²) in [4.78, 5) is 4.10. The molecule has 0 fully saturated rings. The number of nitrogens with zero attached hydrogens (tertiary/aromatic N) is 3. The van der Waals surface area contributed by atoms with E-state index in [0.717, 1.165) is 11.3 Å². The largest absolute Gasteiger partial charge is 0.497 e. The molecule has 108 valence electrons. The van der Waals surface area contributed by atoms with Crippen molar-refractivity contribution in [3.05, 3.63) is 41.4 Å². The Morgan fingerprint density at radius 1 is 1.38 bits per heavy atom. The van der Waals surface area contributed by atoms with Crippen molar-refractivity contribution in [1.29, 1.82) is 5.26 Å². The van der Waals surface area contributed by atoms with Crippen LogP contribution in [0.2, 0.25) is 0 Å². The monoisotopic (exact) mass is 284 g/mol. The second-order valence-corrected chi connectivity index (χ2v) is 4.64. The van der Waals surface area contributed by atoms with Gasteiger partial charge in [0.2, 0.25) is 11.6 Å². The summed E-state index contributed by atoms with van der Waals surface area (Å²) in [6.07, 6.45) is 1.62. The minimum atomic E-state index is 0.109. The van der Waals surface area contributed by atoms with Gasteiger partial charge in [0, 0.05) is 5.92 Å². The number of anilines is 1. The number of rotatable bonds is 5. The molecule has 0 atom stereocenters. The van der Waals surface area contributed by atoms with Gasteiger partial charge in [-0.25, -0.2) is 10.4 Å². The van der Waals surface area contributed by atoms with Gasteiger partial charge in [0.15, 0.2) is 0 Å². The number of nitriles is 1. The summed E-state index contributed by atoms with van der Waals surface area (Å²) in [5.74, 6) is 1.65. The Hall–Kier alpha value is -2.81. The van der Waals surface area contributed by atoms with Gasteiger partial charge >= 0.3 is 0 Å². The molecule has 0 spiro atoms. The number of benzene rings is 1. The summed E-state index contributed by atoms with van der Waals surface area (Å²) in [6, 6.07) is 9.40. The van der Waals surface area contributed by atoms with Crippen LogP contribution in [0.1, 0.15) is 36.9 Å². The molecule has 0 saturated carbocycles. The maximum Gasteiger partial charge on any atom is 0.252 e. The van der Waals surface area contributed by atoms with Gasteiger partial charge in [-0.1, -0.05) is 13.8 Å². The van der Waals surface area contributed by atoms with Crippen LogP contribution in [0.3, 0.4) is 0 Å². The highest BCUT2D eigenvalue weighted by Gasteiger charge is 2.14. The fraction of sp³-hybridized carbons (Fsp3) is 0.267. The van der Waals surface area contributed by atoms with Gasteiger partial charge in [-0.2, -0.15) is 10.4 Å². The lowest BCUT2D eigenvalue weighted by Gasteiger charge is -1.99. The van der Waals surface area contributed by atoms with Crippen LogP contribution in [0.4, 0.5) is 5.88 Å². The molecule has 6 nitrogen and oxygen atoms in total. The molecule has 0 bridgehead atoms. The third-order valence-electron chi connectivity index (χ3n) is 2.74. The van der Waals surface area contributed by atoms with Crippen molar-refractivity contribution in [2.75, 3.05) is 12.5 Å². The molecule has 0 saturated heterocycles. The molecule has 0 unspecified atom stereocenters. The molecular formula is C15H16N4O2. The number of hydrazone groups is 1. The van der Waals surface area contributed by atoms with E-state index in [-0.39, 0.29) is 17.5 Å². The predicted octanol–water partition coefficient (Wildman–Crippen LogP) is 3.12. The zero-order valence-electron chi connectivity index (χ0n) is 12.1. The Balaban J connectivity index is 2.08. The highest BCUT2D eigenvalue weighted by atomic mass is 16.5. The van der Waals surface area contributed by atoms with E-state index in [0.29, 0.717) is 5.89 Å². The average molecular weight is 284 g/mol. The van der Waals surface area contributed by atoms with Crippen molar-refractivity contribution in [1.82, 2.24) is 4.98 Å². The molecular weight excluding hydrogens is 268 g/mol. The molecule has 1 heterocycles. The molecule has 1 N–H and O–H groups in total. The first-order chi connectivity index (χ1) is 10.1. The van der Waals surface area contributed by atoms with Crippen molar-refractivity contribution in [2.24, 2.45) is 5.10 Å². The molecule has 2 rings (SSSR count). The molecule has 21 heavy (non-hydrogen) atoms. The summed E-state index contributed by atoms with van der Waals surface area (Å²) < 4.78 is 10.5. The van der Waals surface area contributed by atoms with Crippen LogP contribution in [-0.2, 0) is 0 Å². The lowest BCUT2D eigenvalue weighted by molar-refractivity contribution is 0.415. The fourth-order valence-electron chi connectivity index (χ4n) is 1.59. The summed E-state index contributed by atoms with van der Waals surface area (Å²) in [6.45, 7) is 3.88. The number of methoxy groups -OCH3 is 1. The first-order valence-electron chi connectivity index (χ1n) is 6.48. The van der Waals surface area contributed by atoms with Gasteiger partial charge in [0.05, 0.1) is 13.3 Å². The summed E-state index contributed by atoms with van der Waals surface area (Å²) >= 11 is 0. The van der Waals surface area contributed by atoms with E-state index in [1.807, 2.05) is 44.2 Å². The number of ether oxygens (including phenoxy) is 1. The third-order valence-corrected chi connectivity index (χ3v) is 2.74. The summed E-state index contributed by atoms with van der Waals surface area (Å²) in [5, 5.41) is 13.1. The van der Waals surface area contributed by atoms with E-state index in [4.69, 9.17) is 14.4 Å². The maximum absolute atomic E-state index is 9.01. The molecule has 2 aromatic rings. The molecule has 0 aliphatic carbocycles. The molecule has 0 radical (unpaired) electrons. The van der Waals surface area contributed by atoms with E-state index in [2.05, 4.69) is 15.5 Å². The molecule has 1 aromatic carbocycles. The smallest absolute Gasteiger partial charge is 0.252 e. The topological polar surface area (TPSA) is 83.4 Å². The Bertz CT molecular complexity index is 666. The standard InChI is InChI=1S/C15H16N4O2/c1-10(2)14-18-13(8-16)15(21-14)19-17-9-11-4-6-12(20-3)7-5-11/h4-7,9-10,19H,1-3H3. The number of oxazole rings is 1. The van der Waals surface area contributed by atoms with E-state index >= 15 is 0 Å². The second kappa shape index (κ2) is 6.57. The second-order valence-electron chi connectivity index (χ2n) is 4.64. The SMILES string of the molecule is COc1ccc(C=NNc2oc(C(C)C)nc2C#N)cc1. The number of hydrogen-bond donors (Lipinski definition) is 1.